The summed E-state index contributed by atoms with van der Waals surface area (Å²) in [4.78, 5) is 0.368. The van der Waals surface area contributed by atoms with Gasteiger partial charge in [0.15, 0.2) is 9.84 Å². The van der Waals surface area contributed by atoms with Gasteiger partial charge in [0.2, 0.25) is 0 Å². The molecule has 0 aliphatic heterocycles. The first-order valence-electron chi connectivity index (χ1n) is 6.54. The average molecular weight is 289 g/mol. The number of rotatable bonds is 5. The molecule has 0 saturated heterocycles. The van der Waals surface area contributed by atoms with Gasteiger partial charge >= 0.3 is 0 Å². The van der Waals surface area contributed by atoms with Gasteiger partial charge in [-0.2, -0.15) is 0 Å². The maximum Gasteiger partial charge on any atom is 0.180 e. The van der Waals surface area contributed by atoms with E-state index < -0.39 is 9.84 Å². The summed E-state index contributed by atoms with van der Waals surface area (Å²) in [5.41, 5.74) is 2.15. The third-order valence-corrected chi connectivity index (χ3v) is 5.08. The zero-order valence-corrected chi connectivity index (χ0v) is 12.5. The van der Waals surface area contributed by atoms with Crippen molar-refractivity contribution in [3.05, 3.63) is 65.7 Å². The lowest BCUT2D eigenvalue weighted by Crippen LogP contribution is -2.25. The van der Waals surface area contributed by atoms with Crippen LogP contribution < -0.4 is 5.32 Å². The largest absolute Gasteiger partial charge is 0.312 e. The van der Waals surface area contributed by atoms with Gasteiger partial charge in [-0.25, -0.2) is 8.42 Å². The number of nitrogens with one attached hydrogen (secondary N) is 1. The Hall–Kier alpha value is -1.65. The molecule has 106 valence electrons. The van der Waals surface area contributed by atoms with Gasteiger partial charge in [-0.15, -0.1) is 0 Å². The molecule has 0 spiro atoms. The van der Waals surface area contributed by atoms with Crippen molar-refractivity contribution in [2.75, 3.05) is 12.8 Å². The number of hydrogen-bond acceptors (Lipinski definition) is 3. The highest BCUT2D eigenvalue weighted by Crippen LogP contribution is 2.20. The highest BCUT2D eigenvalue weighted by molar-refractivity contribution is 7.91. The Morgan fingerprint density at radius 2 is 1.60 bits per heavy atom. The van der Waals surface area contributed by atoms with Crippen LogP contribution in [0.4, 0.5) is 0 Å². The Morgan fingerprint density at radius 1 is 1.00 bits per heavy atom. The molecule has 0 saturated carbocycles. The predicted octanol–water partition coefficient (Wildman–Crippen LogP) is 2.73. The van der Waals surface area contributed by atoms with E-state index in [2.05, 4.69) is 5.32 Å². The molecular formula is C16H19NO2S. The summed E-state index contributed by atoms with van der Waals surface area (Å²) in [5, 5.41) is 3.08. The summed E-state index contributed by atoms with van der Waals surface area (Å²) in [6, 6.07) is 16.3. The minimum absolute atomic E-state index is 0.0522. The van der Waals surface area contributed by atoms with E-state index >= 15 is 0 Å². The molecule has 2 rings (SSSR count). The second-order valence-corrected chi connectivity index (χ2v) is 6.88. The molecule has 0 heterocycles. The third-order valence-electron chi connectivity index (χ3n) is 3.32. The Morgan fingerprint density at radius 3 is 2.15 bits per heavy atom. The molecule has 1 N–H and O–H groups in total. The molecule has 3 nitrogen and oxygen atoms in total. The average Bonchev–Trinajstić information content (AvgIpc) is 2.47. The molecule has 0 aliphatic carbocycles. The van der Waals surface area contributed by atoms with E-state index in [1.54, 1.807) is 31.3 Å². The summed E-state index contributed by atoms with van der Waals surface area (Å²) < 4.78 is 24.8. The Kier molecular flexibility index (Phi) is 4.57. The molecule has 2 aromatic carbocycles. The van der Waals surface area contributed by atoms with E-state index in [-0.39, 0.29) is 11.8 Å². The van der Waals surface area contributed by atoms with E-state index in [4.69, 9.17) is 0 Å². The van der Waals surface area contributed by atoms with Gasteiger partial charge in [0, 0.05) is 6.04 Å². The predicted molar refractivity (Wildman–Crippen MR) is 81.5 cm³/mol. The van der Waals surface area contributed by atoms with Gasteiger partial charge in [-0.3, -0.25) is 0 Å². The number of aryl methyl sites for hydroxylation is 1. The topological polar surface area (TPSA) is 46.2 Å². The van der Waals surface area contributed by atoms with E-state index in [1.807, 2.05) is 37.3 Å². The van der Waals surface area contributed by atoms with Gasteiger partial charge in [-0.05, 0) is 31.7 Å². The lowest BCUT2D eigenvalue weighted by atomic mass is 10.1. The highest BCUT2D eigenvalue weighted by Gasteiger charge is 2.21. The van der Waals surface area contributed by atoms with Crippen molar-refractivity contribution in [1.82, 2.24) is 5.32 Å². The molecular weight excluding hydrogens is 270 g/mol. The molecule has 1 atom stereocenters. The van der Waals surface area contributed by atoms with Crippen LogP contribution >= 0.6 is 0 Å². The van der Waals surface area contributed by atoms with Crippen LogP contribution in [0.5, 0.6) is 0 Å². The fourth-order valence-corrected chi connectivity index (χ4v) is 3.65. The van der Waals surface area contributed by atoms with Crippen molar-refractivity contribution in [2.45, 2.75) is 17.9 Å². The standard InChI is InChI=1S/C16H19NO2S/c1-13-8-10-14(11-9-13)16(17-2)12-20(18,19)15-6-4-3-5-7-15/h3-11,16-17H,12H2,1-2H3. The minimum atomic E-state index is -3.29. The van der Waals surface area contributed by atoms with Crippen molar-refractivity contribution in [2.24, 2.45) is 0 Å². The molecule has 0 aliphatic rings. The Bertz CT molecular complexity index is 649. The molecule has 20 heavy (non-hydrogen) atoms. The van der Waals surface area contributed by atoms with Crippen molar-refractivity contribution in [1.29, 1.82) is 0 Å². The Labute approximate surface area is 120 Å². The first-order chi connectivity index (χ1) is 9.53. The fourth-order valence-electron chi connectivity index (χ4n) is 2.09. The minimum Gasteiger partial charge on any atom is -0.312 e. The maximum absolute atomic E-state index is 12.4. The SMILES string of the molecule is CNC(CS(=O)(=O)c1ccccc1)c1ccc(C)cc1. The molecule has 0 radical (unpaired) electrons. The number of benzene rings is 2. The normalized spacial score (nSPS) is 13.1. The third kappa shape index (κ3) is 3.46. The smallest absolute Gasteiger partial charge is 0.180 e. The fraction of sp³-hybridized carbons (Fsp3) is 0.250. The van der Waals surface area contributed by atoms with Crippen molar-refractivity contribution in [3.63, 3.8) is 0 Å². The van der Waals surface area contributed by atoms with Crippen LogP contribution in [-0.4, -0.2) is 21.2 Å². The highest BCUT2D eigenvalue weighted by atomic mass is 32.2. The van der Waals surface area contributed by atoms with Crippen LogP contribution in [0.1, 0.15) is 17.2 Å². The van der Waals surface area contributed by atoms with Crippen LogP contribution in [0, 0.1) is 6.92 Å². The molecule has 0 fully saturated rings. The van der Waals surface area contributed by atoms with E-state index in [0.717, 1.165) is 11.1 Å². The van der Waals surface area contributed by atoms with Gasteiger partial charge in [-0.1, -0.05) is 48.0 Å². The van der Waals surface area contributed by atoms with Crippen LogP contribution in [0.15, 0.2) is 59.5 Å². The molecule has 0 aromatic heterocycles. The van der Waals surface area contributed by atoms with Crippen LogP contribution in [0.3, 0.4) is 0 Å². The molecule has 4 heteroatoms. The van der Waals surface area contributed by atoms with Gasteiger partial charge in [0.05, 0.1) is 10.6 Å². The van der Waals surface area contributed by atoms with Crippen molar-refractivity contribution >= 4 is 9.84 Å². The monoisotopic (exact) mass is 289 g/mol. The molecule has 1 unspecified atom stereocenters. The summed E-state index contributed by atoms with van der Waals surface area (Å²) in [7, 11) is -1.51. The van der Waals surface area contributed by atoms with Crippen LogP contribution in [0.25, 0.3) is 0 Å². The summed E-state index contributed by atoms with van der Waals surface area (Å²) in [5.74, 6) is 0.0522. The zero-order chi connectivity index (χ0) is 14.6. The lowest BCUT2D eigenvalue weighted by molar-refractivity contribution is 0.574. The Balaban J connectivity index is 2.24. The van der Waals surface area contributed by atoms with E-state index in [9.17, 15) is 8.42 Å². The van der Waals surface area contributed by atoms with Crippen LogP contribution in [0.2, 0.25) is 0 Å². The lowest BCUT2D eigenvalue weighted by Gasteiger charge is -2.17. The number of hydrogen-bond donors (Lipinski definition) is 1. The molecule has 0 amide bonds. The van der Waals surface area contributed by atoms with Gasteiger partial charge in [0.25, 0.3) is 0 Å². The first-order valence-corrected chi connectivity index (χ1v) is 8.20. The summed E-state index contributed by atoms with van der Waals surface area (Å²) in [6.45, 7) is 2.01. The quantitative estimate of drug-likeness (QED) is 0.920. The van der Waals surface area contributed by atoms with Crippen molar-refractivity contribution < 1.29 is 8.42 Å². The first kappa shape index (κ1) is 14.8. The van der Waals surface area contributed by atoms with Crippen molar-refractivity contribution in [3.8, 4) is 0 Å². The molecule has 0 bridgehead atoms. The van der Waals surface area contributed by atoms with E-state index in [0.29, 0.717) is 4.90 Å². The summed E-state index contributed by atoms with van der Waals surface area (Å²) >= 11 is 0. The van der Waals surface area contributed by atoms with Gasteiger partial charge < -0.3 is 5.32 Å². The molecule has 2 aromatic rings. The zero-order valence-electron chi connectivity index (χ0n) is 11.7. The number of sulfone groups is 1. The summed E-state index contributed by atoms with van der Waals surface area (Å²) in [6.07, 6.45) is 0. The van der Waals surface area contributed by atoms with E-state index in [1.165, 1.54) is 0 Å². The van der Waals surface area contributed by atoms with Crippen LogP contribution in [-0.2, 0) is 9.84 Å². The second-order valence-electron chi connectivity index (χ2n) is 4.85. The maximum atomic E-state index is 12.4. The second kappa shape index (κ2) is 6.20. The van der Waals surface area contributed by atoms with Gasteiger partial charge in [0.1, 0.15) is 0 Å².